The monoisotopic (exact) mass is 316 g/mol. The zero-order valence-electron chi connectivity index (χ0n) is 12.2. The maximum atomic E-state index is 12.0. The summed E-state index contributed by atoms with van der Waals surface area (Å²) in [6.45, 7) is 0. The summed E-state index contributed by atoms with van der Waals surface area (Å²) < 4.78 is 4.94. The first-order valence-corrected chi connectivity index (χ1v) is 6.90. The molecule has 0 bridgehead atoms. The number of carbonyl (C=O) groups is 1. The van der Waals surface area contributed by atoms with Crippen LogP contribution in [0.1, 0.15) is 17.4 Å². The van der Waals surface area contributed by atoms with Gasteiger partial charge in [0.2, 0.25) is 0 Å². The van der Waals surface area contributed by atoms with E-state index < -0.39 is 23.2 Å². The number of hydrogen-bond donors (Lipinski definition) is 2. The molecule has 0 fully saturated rings. The predicted molar refractivity (Wildman–Crippen MR) is 82.1 cm³/mol. The van der Waals surface area contributed by atoms with E-state index in [1.165, 1.54) is 24.3 Å². The van der Waals surface area contributed by atoms with Crippen molar-refractivity contribution in [2.45, 2.75) is 18.7 Å². The van der Waals surface area contributed by atoms with Gasteiger partial charge in [-0.25, -0.2) is 0 Å². The van der Waals surface area contributed by atoms with Gasteiger partial charge in [-0.1, -0.05) is 30.3 Å². The van der Waals surface area contributed by atoms with Gasteiger partial charge in [0.25, 0.3) is 0 Å². The van der Waals surface area contributed by atoms with Crippen molar-refractivity contribution < 1.29 is 19.6 Å². The van der Waals surface area contributed by atoms with Gasteiger partial charge in [-0.2, -0.15) is 0 Å². The molecule has 120 valence electrons. The molecule has 2 aromatic carbocycles. The topological polar surface area (TPSA) is 116 Å². The van der Waals surface area contributed by atoms with Crippen molar-refractivity contribution in [3.8, 4) is 5.75 Å². The van der Waals surface area contributed by atoms with Crippen LogP contribution >= 0.6 is 0 Å². The van der Waals surface area contributed by atoms with Crippen molar-refractivity contribution in [3.63, 3.8) is 0 Å². The van der Waals surface area contributed by atoms with Gasteiger partial charge in [-0.15, -0.1) is 0 Å². The van der Waals surface area contributed by atoms with Crippen LogP contribution in [0.25, 0.3) is 0 Å². The zero-order valence-corrected chi connectivity index (χ0v) is 12.2. The molecule has 0 aromatic heterocycles. The van der Waals surface area contributed by atoms with E-state index in [0.29, 0.717) is 5.56 Å². The SMILES string of the molecule is N[C@@H](Cc1ccc(O)cc1)C(=O)OC(c1ccccc1)[N+](=O)[O-]. The van der Waals surface area contributed by atoms with Gasteiger partial charge < -0.3 is 15.6 Å². The highest BCUT2D eigenvalue weighted by atomic mass is 16.7. The van der Waals surface area contributed by atoms with E-state index >= 15 is 0 Å². The second-order valence-electron chi connectivity index (χ2n) is 4.96. The van der Waals surface area contributed by atoms with Crippen LogP contribution in [0.2, 0.25) is 0 Å². The van der Waals surface area contributed by atoms with Crippen molar-refractivity contribution in [2.24, 2.45) is 5.73 Å². The number of benzene rings is 2. The highest BCUT2D eigenvalue weighted by molar-refractivity contribution is 5.76. The molecule has 0 radical (unpaired) electrons. The maximum absolute atomic E-state index is 12.0. The van der Waals surface area contributed by atoms with Crippen molar-refractivity contribution in [1.82, 2.24) is 0 Å². The number of esters is 1. The van der Waals surface area contributed by atoms with E-state index in [1.54, 1.807) is 30.3 Å². The minimum Gasteiger partial charge on any atom is -0.508 e. The molecule has 0 heterocycles. The third-order valence-corrected chi connectivity index (χ3v) is 3.20. The number of ether oxygens (including phenoxy) is 1. The van der Waals surface area contributed by atoms with Crippen LogP contribution in [0.4, 0.5) is 0 Å². The normalized spacial score (nSPS) is 13.1. The Hall–Kier alpha value is -2.93. The van der Waals surface area contributed by atoms with Crippen molar-refractivity contribution in [3.05, 3.63) is 75.8 Å². The molecular weight excluding hydrogens is 300 g/mol. The molecule has 2 atom stereocenters. The molecule has 0 saturated carbocycles. The van der Waals surface area contributed by atoms with Crippen LogP contribution in [-0.2, 0) is 16.0 Å². The molecular formula is C16H16N2O5. The lowest BCUT2D eigenvalue weighted by Gasteiger charge is -2.14. The lowest BCUT2D eigenvalue weighted by Crippen LogP contribution is -2.36. The van der Waals surface area contributed by atoms with E-state index in [2.05, 4.69) is 0 Å². The Morgan fingerprint density at radius 2 is 1.78 bits per heavy atom. The number of nitrogens with zero attached hydrogens (tertiary/aromatic N) is 1. The molecule has 7 nitrogen and oxygen atoms in total. The Kier molecular flexibility index (Phi) is 5.27. The fourth-order valence-electron chi connectivity index (χ4n) is 2.02. The summed E-state index contributed by atoms with van der Waals surface area (Å²) in [5.74, 6) is -0.758. The Morgan fingerprint density at radius 1 is 1.17 bits per heavy atom. The fraction of sp³-hybridized carbons (Fsp3) is 0.188. The largest absolute Gasteiger partial charge is 0.508 e. The quantitative estimate of drug-likeness (QED) is 0.363. The van der Waals surface area contributed by atoms with Crippen LogP contribution < -0.4 is 5.73 Å². The molecule has 0 spiro atoms. The number of carbonyl (C=O) groups excluding carboxylic acids is 1. The average molecular weight is 316 g/mol. The molecule has 7 heteroatoms. The second kappa shape index (κ2) is 7.37. The number of phenols is 1. The number of hydrogen-bond acceptors (Lipinski definition) is 6. The zero-order chi connectivity index (χ0) is 16.8. The summed E-state index contributed by atoms with van der Waals surface area (Å²) in [7, 11) is 0. The van der Waals surface area contributed by atoms with Gasteiger partial charge in [0.15, 0.2) is 0 Å². The summed E-state index contributed by atoms with van der Waals surface area (Å²) in [4.78, 5) is 22.4. The highest BCUT2D eigenvalue weighted by Crippen LogP contribution is 2.19. The first-order valence-electron chi connectivity index (χ1n) is 6.90. The van der Waals surface area contributed by atoms with Gasteiger partial charge in [0.1, 0.15) is 11.8 Å². The van der Waals surface area contributed by atoms with Crippen LogP contribution in [0.5, 0.6) is 5.75 Å². The van der Waals surface area contributed by atoms with Gasteiger partial charge >= 0.3 is 12.2 Å². The summed E-state index contributed by atoms with van der Waals surface area (Å²) in [6, 6.07) is 13.1. The second-order valence-corrected chi connectivity index (χ2v) is 4.96. The number of nitrogens with two attached hydrogens (primary N) is 1. The number of rotatable bonds is 6. The first-order chi connectivity index (χ1) is 11.0. The van der Waals surface area contributed by atoms with E-state index in [9.17, 15) is 20.0 Å². The summed E-state index contributed by atoms with van der Waals surface area (Å²) in [5.41, 5.74) is 6.73. The van der Waals surface area contributed by atoms with Crippen molar-refractivity contribution >= 4 is 5.97 Å². The summed E-state index contributed by atoms with van der Waals surface area (Å²) in [6.07, 6.45) is -1.44. The standard InChI is InChI=1S/C16H16N2O5/c17-14(10-11-6-8-13(19)9-7-11)16(20)23-15(18(21)22)12-4-2-1-3-5-12/h1-9,14-15,19H,10,17H2/t14-,15?/m0/s1. The minimum atomic E-state index is -1.59. The van der Waals surface area contributed by atoms with E-state index in [4.69, 9.17) is 10.5 Å². The minimum absolute atomic E-state index is 0.0994. The van der Waals surface area contributed by atoms with Gasteiger partial charge in [-0.05, 0) is 36.2 Å². The van der Waals surface area contributed by atoms with Gasteiger partial charge in [0, 0.05) is 0 Å². The molecule has 1 unspecified atom stereocenters. The molecule has 2 aromatic rings. The van der Waals surface area contributed by atoms with Crippen LogP contribution in [0.15, 0.2) is 54.6 Å². The number of aromatic hydroxyl groups is 1. The molecule has 0 aliphatic heterocycles. The molecule has 0 saturated heterocycles. The highest BCUT2D eigenvalue weighted by Gasteiger charge is 2.29. The Morgan fingerprint density at radius 3 is 2.35 bits per heavy atom. The summed E-state index contributed by atoms with van der Waals surface area (Å²) >= 11 is 0. The molecule has 0 aliphatic carbocycles. The van der Waals surface area contributed by atoms with Crippen LogP contribution in [0.3, 0.4) is 0 Å². The van der Waals surface area contributed by atoms with E-state index in [1.807, 2.05) is 0 Å². The summed E-state index contributed by atoms with van der Waals surface area (Å²) in [5, 5.41) is 20.3. The molecule has 23 heavy (non-hydrogen) atoms. The fourth-order valence-corrected chi connectivity index (χ4v) is 2.02. The van der Waals surface area contributed by atoms with Crippen LogP contribution in [-0.4, -0.2) is 22.0 Å². The molecule has 0 amide bonds. The van der Waals surface area contributed by atoms with Gasteiger partial charge in [-0.3, -0.25) is 14.9 Å². The predicted octanol–water partition coefficient (Wildman–Crippen LogP) is 1.78. The van der Waals surface area contributed by atoms with Crippen LogP contribution in [0, 0.1) is 10.1 Å². The van der Waals surface area contributed by atoms with Crippen molar-refractivity contribution in [1.29, 1.82) is 0 Å². The van der Waals surface area contributed by atoms with E-state index in [0.717, 1.165) is 0 Å². The molecule has 2 rings (SSSR count). The lowest BCUT2D eigenvalue weighted by atomic mass is 10.1. The average Bonchev–Trinajstić information content (AvgIpc) is 2.55. The lowest BCUT2D eigenvalue weighted by molar-refractivity contribution is -0.576. The molecule has 3 N–H and O–H groups in total. The maximum Gasteiger partial charge on any atom is 0.382 e. The Labute approximate surface area is 132 Å². The van der Waals surface area contributed by atoms with E-state index in [-0.39, 0.29) is 17.7 Å². The third kappa shape index (κ3) is 4.52. The van der Waals surface area contributed by atoms with Crippen molar-refractivity contribution in [2.75, 3.05) is 0 Å². The third-order valence-electron chi connectivity index (χ3n) is 3.20. The Balaban J connectivity index is 2.03. The number of phenolic OH excluding ortho intramolecular Hbond substituents is 1. The smallest absolute Gasteiger partial charge is 0.382 e. The number of nitro groups is 1. The van der Waals surface area contributed by atoms with Gasteiger partial charge in [0.05, 0.1) is 10.5 Å². The Bertz CT molecular complexity index is 673. The molecule has 0 aliphatic rings. The first kappa shape index (κ1) is 16.4.